The summed E-state index contributed by atoms with van der Waals surface area (Å²) in [5.74, 6) is 0. The predicted octanol–water partition coefficient (Wildman–Crippen LogP) is 4.36. The Bertz CT molecular complexity index is 219. The van der Waals surface area contributed by atoms with Gasteiger partial charge in [0, 0.05) is 5.54 Å². The first-order valence-corrected chi connectivity index (χ1v) is 8.52. The summed E-state index contributed by atoms with van der Waals surface area (Å²) in [7, 11) is 0. The van der Waals surface area contributed by atoms with Crippen molar-refractivity contribution in [1.82, 2.24) is 4.90 Å². The van der Waals surface area contributed by atoms with Gasteiger partial charge in [0.2, 0.25) is 0 Å². The van der Waals surface area contributed by atoms with Gasteiger partial charge in [-0.2, -0.15) is 0 Å². The van der Waals surface area contributed by atoms with Crippen molar-refractivity contribution >= 4 is 0 Å². The number of nitrogens with zero attached hydrogens (tertiary/aromatic N) is 1. The van der Waals surface area contributed by atoms with Gasteiger partial charge in [-0.15, -0.1) is 0 Å². The first kappa shape index (κ1) is 17.0. The number of hydrogen-bond donors (Lipinski definition) is 1. The second-order valence-corrected chi connectivity index (χ2v) is 6.77. The van der Waals surface area contributed by atoms with Crippen LogP contribution < -0.4 is 0 Å². The lowest BCUT2D eigenvalue weighted by atomic mass is 9.90. The molecule has 1 heterocycles. The zero-order valence-corrected chi connectivity index (χ0v) is 13.5. The highest BCUT2D eigenvalue weighted by Crippen LogP contribution is 2.26. The standard InChI is InChI=1S/C17H35NO/c1-4-5-6-7-10-13-16(19)17(2,3)18-14-11-8-9-12-15-18/h16,19H,4-15H2,1-3H3. The van der Waals surface area contributed by atoms with Crippen molar-refractivity contribution in [3.8, 4) is 0 Å². The van der Waals surface area contributed by atoms with E-state index in [1.165, 1.54) is 70.9 Å². The minimum absolute atomic E-state index is 0.0465. The summed E-state index contributed by atoms with van der Waals surface area (Å²) < 4.78 is 0. The summed E-state index contributed by atoms with van der Waals surface area (Å²) in [5.41, 5.74) is -0.0465. The molecule has 0 aromatic heterocycles. The summed E-state index contributed by atoms with van der Waals surface area (Å²) in [4.78, 5) is 2.52. The second-order valence-electron chi connectivity index (χ2n) is 6.77. The van der Waals surface area contributed by atoms with Crippen LogP contribution >= 0.6 is 0 Å². The van der Waals surface area contributed by atoms with E-state index < -0.39 is 0 Å². The maximum absolute atomic E-state index is 10.5. The van der Waals surface area contributed by atoms with Gasteiger partial charge in [0.1, 0.15) is 0 Å². The van der Waals surface area contributed by atoms with E-state index in [4.69, 9.17) is 0 Å². The van der Waals surface area contributed by atoms with Gasteiger partial charge < -0.3 is 5.11 Å². The topological polar surface area (TPSA) is 23.5 Å². The molecule has 2 heteroatoms. The van der Waals surface area contributed by atoms with Crippen molar-refractivity contribution in [2.24, 2.45) is 0 Å². The van der Waals surface area contributed by atoms with Crippen molar-refractivity contribution < 1.29 is 5.11 Å². The molecule has 1 fully saturated rings. The molecule has 0 radical (unpaired) electrons. The van der Waals surface area contributed by atoms with Crippen LogP contribution in [0.2, 0.25) is 0 Å². The molecule has 1 aliphatic rings. The fourth-order valence-corrected chi connectivity index (χ4v) is 3.15. The van der Waals surface area contributed by atoms with E-state index in [-0.39, 0.29) is 11.6 Å². The Morgan fingerprint density at radius 2 is 1.53 bits per heavy atom. The van der Waals surface area contributed by atoms with Crippen LogP contribution in [0.25, 0.3) is 0 Å². The first-order chi connectivity index (χ1) is 9.09. The summed E-state index contributed by atoms with van der Waals surface area (Å²) >= 11 is 0. The molecule has 0 aromatic carbocycles. The zero-order valence-electron chi connectivity index (χ0n) is 13.5. The van der Waals surface area contributed by atoms with Gasteiger partial charge in [0.05, 0.1) is 6.10 Å². The van der Waals surface area contributed by atoms with Crippen LogP contribution in [0.1, 0.15) is 85.0 Å². The fraction of sp³-hybridized carbons (Fsp3) is 1.00. The molecular weight excluding hydrogens is 234 g/mol. The van der Waals surface area contributed by atoms with Crippen molar-refractivity contribution in [1.29, 1.82) is 0 Å². The average Bonchev–Trinajstić information content (AvgIpc) is 2.67. The zero-order chi connectivity index (χ0) is 14.1. The van der Waals surface area contributed by atoms with Gasteiger partial charge in [-0.3, -0.25) is 4.90 Å². The van der Waals surface area contributed by atoms with Crippen LogP contribution in [0.3, 0.4) is 0 Å². The van der Waals surface area contributed by atoms with E-state index in [9.17, 15) is 5.11 Å². The fourth-order valence-electron chi connectivity index (χ4n) is 3.15. The highest BCUT2D eigenvalue weighted by atomic mass is 16.3. The third-order valence-corrected chi connectivity index (χ3v) is 4.82. The van der Waals surface area contributed by atoms with E-state index in [1.54, 1.807) is 0 Å². The van der Waals surface area contributed by atoms with E-state index in [0.717, 1.165) is 6.42 Å². The number of aliphatic hydroxyl groups is 1. The molecule has 114 valence electrons. The number of aliphatic hydroxyl groups excluding tert-OH is 1. The molecule has 1 aliphatic heterocycles. The van der Waals surface area contributed by atoms with Crippen LogP contribution in [0.5, 0.6) is 0 Å². The third kappa shape index (κ3) is 5.83. The number of unbranched alkanes of at least 4 members (excludes halogenated alkanes) is 4. The highest BCUT2D eigenvalue weighted by molar-refractivity contribution is 4.89. The lowest BCUT2D eigenvalue weighted by molar-refractivity contribution is -0.0139. The van der Waals surface area contributed by atoms with Crippen LogP contribution in [-0.2, 0) is 0 Å². The molecule has 1 rings (SSSR count). The Balaban J connectivity index is 2.32. The number of likely N-dealkylation sites (tertiary alicyclic amines) is 1. The smallest absolute Gasteiger partial charge is 0.0718 e. The van der Waals surface area contributed by atoms with Crippen molar-refractivity contribution in [3.63, 3.8) is 0 Å². The molecule has 1 unspecified atom stereocenters. The Labute approximate surface area is 120 Å². The molecule has 0 spiro atoms. The van der Waals surface area contributed by atoms with Gasteiger partial charge in [-0.25, -0.2) is 0 Å². The molecule has 0 amide bonds. The molecule has 2 nitrogen and oxygen atoms in total. The Kier molecular flexibility index (Phi) is 8.01. The predicted molar refractivity (Wildman–Crippen MR) is 83.5 cm³/mol. The SMILES string of the molecule is CCCCCCCC(O)C(C)(C)N1CCCCCC1. The lowest BCUT2D eigenvalue weighted by Gasteiger charge is -2.41. The molecule has 19 heavy (non-hydrogen) atoms. The molecule has 0 aliphatic carbocycles. The maximum Gasteiger partial charge on any atom is 0.0718 e. The van der Waals surface area contributed by atoms with Gasteiger partial charge in [0.25, 0.3) is 0 Å². The van der Waals surface area contributed by atoms with E-state index in [2.05, 4.69) is 25.7 Å². The van der Waals surface area contributed by atoms with Crippen molar-refractivity contribution in [3.05, 3.63) is 0 Å². The van der Waals surface area contributed by atoms with Crippen molar-refractivity contribution in [2.45, 2.75) is 96.6 Å². The molecule has 0 bridgehead atoms. The largest absolute Gasteiger partial charge is 0.391 e. The molecule has 0 saturated carbocycles. The van der Waals surface area contributed by atoms with Crippen LogP contribution in [-0.4, -0.2) is 34.7 Å². The second kappa shape index (κ2) is 8.97. The molecule has 1 saturated heterocycles. The third-order valence-electron chi connectivity index (χ3n) is 4.82. The molecule has 1 N–H and O–H groups in total. The molecular formula is C17H35NO. The maximum atomic E-state index is 10.5. The van der Waals surface area contributed by atoms with E-state index in [0.29, 0.717) is 0 Å². The Hall–Kier alpha value is -0.0800. The van der Waals surface area contributed by atoms with Gasteiger partial charge >= 0.3 is 0 Å². The quantitative estimate of drug-likeness (QED) is 0.662. The van der Waals surface area contributed by atoms with Crippen LogP contribution in [0.15, 0.2) is 0 Å². The lowest BCUT2D eigenvalue weighted by Crippen LogP contribution is -2.52. The monoisotopic (exact) mass is 269 g/mol. The average molecular weight is 269 g/mol. The highest BCUT2D eigenvalue weighted by Gasteiger charge is 2.33. The van der Waals surface area contributed by atoms with E-state index in [1.807, 2.05) is 0 Å². The Morgan fingerprint density at radius 3 is 2.11 bits per heavy atom. The van der Waals surface area contributed by atoms with E-state index >= 15 is 0 Å². The van der Waals surface area contributed by atoms with Gasteiger partial charge in [-0.1, -0.05) is 51.9 Å². The number of rotatable bonds is 8. The van der Waals surface area contributed by atoms with Crippen LogP contribution in [0, 0.1) is 0 Å². The van der Waals surface area contributed by atoms with Crippen molar-refractivity contribution in [2.75, 3.05) is 13.1 Å². The minimum atomic E-state index is -0.174. The Morgan fingerprint density at radius 1 is 0.947 bits per heavy atom. The summed E-state index contributed by atoms with van der Waals surface area (Å²) in [6.07, 6.45) is 12.5. The first-order valence-electron chi connectivity index (χ1n) is 8.52. The summed E-state index contributed by atoms with van der Waals surface area (Å²) in [5, 5.41) is 10.5. The summed E-state index contributed by atoms with van der Waals surface area (Å²) in [6, 6.07) is 0. The number of hydrogen-bond acceptors (Lipinski definition) is 2. The van der Waals surface area contributed by atoms with Gasteiger partial charge in [0.15, 0.2) is 0 Å². The van der Waals surface area contributed by atoms with Gasteiger partial charge in [-0.05, 0) is 46.2 Å². The molecule has 0 aromatic rings. The summed E-state index contributed by atoms with van der Waals surface area (Å²) in [6.45, 7) is 9.04. The molecule has 1 atom stereocenters. The van der Waals surface area contributed by atoms with Crippen LogP contribution in [0.4, 0.5) is 0 Å². The minimum Gasteiger partial charge on any atom is -0.391 e. The normalized spacial score (nSPS) is 20.2.